The number of benzene rings is 1. The molecule has 3 heterocycles. The molecule has 1 aromatic carbocycles. The summed E-state index contributed by atoms with van der Waals surface area (Å²) in [6.45, 7) is 1.25. The number of amides is 2. The summed E-state index contributed by atoms with van der Waals surface area (Å²) in [5, 5.41) is 6.72. The predicted molar refractivity (Wildman–Crippen MR) is 110 cm³/mol. The van der Waals surface area contributed by atoms with Crippen LogP contribution in [-0.2, 0) is 6.61 Å². The molecule has 1 saturated heterocycles. The fraction of sp³-hybridized carbons (Fsp3) is 0.273. The second-order valence-corrected chi connectivity index (χ2v) is 7.84. The van der Waals surface area contributed by atoms with Crippen LogP contribution < -0.4 is 10.1 Å². The zero-order valence-electron chi connectivity index (χ0n) is 16.2. The molecule has 0 bridgehead atoms. The first-order valence-corrected chi connectivity index (χ1v) is 10.6. The van der Waals surface area contributed by atoms with Crippen LogP contribution in [0.2, 0.25) is 0 Å². The molecule has 2 amide bonds. The molecule has 2 aromatic heterocycles. The molecule has 0 atom stereocenters. The van der Waals surface area contributed by atoms with Crippen LogP contribution in [0.3, 0.4) is 0 Å². The minimum atomic E-state index is -0.331. The number of rotatable bonds is 6. The first kappa shape index (κ1) is 20.2. The van der Waals surface area contributed by atoms with E-state index in [2.05, 4.69) is 5.32 Å². The number of nitrogens with one attached hydrogen (secondary N) is 1. The van der Waals surface area contributed by atoms with Crippen molar-refractivity contribution in [3.8, 4) is 5.75 Å². The number of halogens is 1. The van der Waals surface area contributed by atoms with E-state index >= 15 is 0 Å². The zero-order chi connectivity index (χ0) is 20.9. The zero-order valence-corrected chi connectivity index (χ0v) is 17.0. The van der Waals surface area contributed by atoms with Crippen LogP contribution in [0, 0.1) is 5.82 Å². The highest BCUT2D eigenvalue weighted by Gasteiger charge is 2.26. The van der Waals surface area contributed by atoms with Gasteiger partial charge >= 0.3 is 0 Å². The number of nitrogens with zero attached hydrogens (tertiary/aromatic N) is 1. The van der Waals surface area contributed by atoms with Gasteiger partial charge in [-0.3, -0.25) is 9.59 Å². The van der Waals surface area contributed by atoms with E-state index in [0.29, 0.717) is 43.0 Å². The lowest BCUT2D eigenvalue weighted by molar-refractivity contribution is 0.0663. The van der Waals surface area contributed by atoms with Crippen LogP contribution in [0.5, 0.6) is 5.75 Å². The summed E-state index contributed by atoms with van der Waals surface area (Å²) in [6.07, 6.45) is 1.39. The van der Waals surface area contributed by atoms with Gasteiger partial charge < -0.3 is 19.4 Å². The summed E-state index contributed by atoms with van der Waals surface area (Å²) in [5.74, 6) is 0.716. The molecule has 1 aliphatic heterocycles. The highest BCUT2D eigenvalue weighted by atomic mass is 32.1. The Bertz CT molecular complexity index is 993. The van der Waals surface area contributed by atoms with Gasteiger partial charge in [0.1, 0.15) is 23.9 Å². The minimum absolute atomic E-state index is 0.0534. The predicted octanol–water partition coefficient (Wildman–Crippen LogP) is 4.09. The van der Waals surface area contributed by atoms with Crippen LogP contribution in [-0.4, -0.2) is 35.8 Å². The Kier molecular flexibility index (Phi) is 6.13. The molecular weight excluding hydrogens is 407 g/mol. The van der Waals surface area contributed by atoms with E-state index in [-0.39, 0.29) is 36.0 Å². The van der Waals surface area contributed by atoms with Crippen molar-refractivity contribution in [2.45, 2.75) is 25.5 Å². The third-order valence-electron chi connectivity index (χ3n) is 4.97. The van der Waals surface area contributed by atoms with Gasteiger partial charge in [-0.2, -0.15) is 11.3 Å². The Labute approximate surface area is 177 Å². The first-order valence-electron chi connectivity index (χ1n) is 9.68. The maximum Gasteiger partial charge on any atom is 0.289 e. The minimum Gasteiger partial charge on any atom is -0.486 e. The summed E-state index contributed by atoms with van der Waals surface area (Å²) >= 11 is 1.49. The molecule has 0 spiro atoms. The Hall–Kier alpha value is -3.13. The second-order valence-electron chi connectivity index (χ2n) is 7.06. The van der Waals surface area contributed by atoms with E-state index in [0.717, 1.165) is 0 Å². The number of carbonyl (C=O) groups excluding carboxylic acids is 2. The van der Waals surface area contributed by atoms with Crippen LogP contribution >= 0.6 is 11.3 Å². The van der Waals surface area contributed by atoms with Gasteiger partial charge in [0.15, 0.2) is 5.76 Å². The number of furan rings is 1. The lowest BCUT2D eigenvalue weighted by Crippen LogP contribution is -2.46. The maximum absolute atomic E-state index is 12.9. The molecule has 1 N–H and O–H groups in total. The fourth-order valence-corrected chi connectivity index (χ4v) is 3.94. The van der Waals surface area contributed by atoms with Crippen molar-refractivity contribution in [3.05, 3.63) is 76.1 Å². The summed E-state index contributed by atoms with van der Waals surface area (Å²) < 4.78 is 24.1. The van der Waals surface area contributed by atoms with Crippen LogP contribution in [0.25, 0.3) is 0 Å². The number of thiophene rings is 1. The molecule has 0 unspecified atom stereocenters. The van der Waals surface area contributed by atoms with Crippen molar-refractivity contribution in [2.24, 2.45) is 0 Å². The lowest BCUT2D eigenvalue weighted by Gasteiger charge is -2.31. The number of likely N-dealkylation sites (tertiary alicyclic amines) is 1. The summed E-state index contributed by atoms with van der Waals surface area (Å²) in [6, 6.07) is 10.9. The normalized spacial score (nSPS) is 14.5. The van der Waals surface area contributed by atoms with Crippen LogP contribution in [0.1, 0.15) is 39.5 Å². The Morgan fingerprint density at radius 1 is 1.13 bits per heavy atom. The molecule has 1 fully saturated rings. The van der Waals surface area contributed by atoms with Crippen molar-refractivity contribution in [1.82, 2.24) is 10.2 Å². The molecule has 156 valence electrons. The summed E-state index contributed by atoms with van der Waals surface area (Å²) in [5.41, 5.74) is 0.671. The number of ether oxygens (including phenoxy) is 1. The SMILES string of the molecule is O=C(NC1CCN(C(=O)c2ccc(COc3ccc(F)cc3)o2)CC1)c1ccsc1. The molecule has 0 saturated carbocycles. The van der Waals surface area contributed by atoms with Crippen molar-refractivity contribution >= 4 is 23.2 Å². The van der Waals surface area contributed by atoms with E-state index in [1.165, 1.54) is 35.6 Å². The molecule has 3 aromatic rings. The summed E-state index contributed by atoms with van der Waals surface area (Å²) in [7, 11) is 0. The molecular formula is C22H21FN2O4S. The Balaban J connectivity index is 1.26. The van der Waals surface area contributed by atoms with Crippen LogP contribution in [0.4, 0.5) is 4.39 Å². The molecule has 0 radical (unpaired) electrons. The number of carbonyl (C=O) groups is 2. The molecule has 8 heteroatoms. The van der Waals surface area contributed by atoms with E-state index in [1.54, 1.807) is 23.1 Å². The smallest absolute Gasteiger partial charge is 0.289 e. The molecule has 0 aliphatic carbocycles. The standard InChI is InChI=1S/C22H21FN2O4S/c23-16-1-3-18(4-2-16)28-13-19-5-6-20(29-19)22(27)25-10-7-17(8-11-25)24-21(26)15-9-12-30-14-15/h1-6,9,12,14,17H,7-8,10-11,13H2,(H,24,26). The number of hydrogen-bond acceptors (Lipinski definition) is 5. The number of hydrogen-bond donors (Lipinski definition) is 1. The van der Waals surface area contributed by atoms with E-state index in [1.807, 2.05) is 10.8 Å². The summed E-state index contributed by atoms with van der Waals surface area (Å²) in [4.78, 5) is 26.6. The van der Waals surface area contributed by atoms with E-state index in [4.69, 9.17) is 9.15 Å². The number of piperidine rings is 1. The van der Waals surface area contributed by atoms with Gasteiger partial charge in [0, 0.05) is 30.1 Å². The van der Waals surface area contributed by atoms with Gasteiger partial charge in [-0.15, -0.1) is 0 Å². The van der Waals surface area contributed by atoms with Gasteiger partial charge in [-0.1, -0.05) is 0 Å². The highest BCUT2D eigenvalue weighted by Crippen LogP contribution is 2.19. The van der Waals surface area contributed by atoms with Gasteiger partial charge in [-0.25, -0.2) is 4.39 Å². The quantitative estimate of drug-likeness (QED) is 0.642. The topological polar surface area (TPSA) is 71.8 Å². The van der Waals surface area contributed by atoms with E-state index < -0.39 is 0 Å². The molecule has 4 rings (SSSR count). The van der Waals surface area contributed by atoms with Crippen molar-refractivity contribution < 1.29 is 23.1 Å². The lowest BCUT2D eigenvalue weighted by atomic mass is 10.0. The Morgan fingerprint density at radius 2 is 1.90 bits per heavy atom. The second kappa shape index (κ2) is 9.13. The van der Waals surface area contributed by atoms with Gasteiger partial charge in [0.25, 0.3) is 11.8 Å². The monoisotopic (exact) mass is 428 g/mol. The maximum atomic E-state index is 12.9. The van der Waals surface area contributed by atoms with Crippen molar-refractivity contribution in [2.75, 3.05) is 13.1 Å². The highest BCUT2D eigenvalue weighted by molar-refractivity contribution is 7.08. The third kappa shape index (κ3) is 4.88. The Morgan fingerprint density at radius 3 is 2.60 bits per heavy atom. The first-order chi connectivity index (χ1) is 14.6. The van der Waals surface area contributed by atoms with Gasteiger partial charge in [-0.05, 0) is 60.7 Å². The van der Waals surface area contributed by atoms with Crippen molar-refractivity contribution in [3.63, 3.8) is 0 Å². The average molecular weight is 428 g/mol. The molecule has 1 aliphatic rings. The van der Waals surface area contributed by atoms with E-state index in [9.17, 15) is 14.0 Å². The third-order valence-corrected chi connectivity index (χ3v) is 5.65. The largest absolute Gasteiger partial charge is 0.486 e. The molecule has 6 nitrogen and oxygen atoms in total. The van der Waals surface area contributed by atoms with Gasteiger partial charge in [0.2, 0.25) is 0 Å². The average Bonchev–Trinajstić information content (AvgIpc) is 3.46. The fourth-order valence-electron chi connectivity index (χ4n) is 3.30. The van der Waals surface area contributed by atoms with Crippen molar-refractivity contribution in [1.29, 1.82) is 0 Å². The van der Waals surface area contributed by atoms with Gasteiger partial charge in [0.05, 0.1) is 0 Å². The van der Waals surface area contributed by atoms with Crippen LogP contribution in [0.15, 0.2) is 57.6 Å². The molecule has 30 heavy (non-hydrogen) atoms.